The quantitative estimate of drug-likeness (QED) is 0.773. The highest BCUT2D eigenvalue weighted by Crippen LogP contribution is 2.21. The molecule has 1 amide bonds. The lowest BCUT2D eigenvalue weighted by Gasteiger charge is -2.09. The summed E-state index contributed by atoms with van der Waals surface area (Å²) in [5.74, 6) is -1.30. The van der Waals surface area contributed by atoms with Gasteiger partial charge in [-0.15, -0.1) is 11.8 Å². The molecule has 0 radical (unpaired) electrons. The Morgan fingerprint density at radius 2 is 2.06 bits per heavy atom. The van der Waals surface area contributed by atoms with Crippen LogP contribution in [-0.2, 0) is 9.59 Å². The van der Waals surface area contributed by atoms with Gasteiger partial charge in [0, 0.05) is 11.4 Å². The highest BCUT2D eigenvalue weighted by molar-refractivity contribution is 8.00. The molecule has 0 fully saturated rings. The van der Waals surface area contributed by atoms with E-state index in [2.05, 4.69) is 5.32 Å². The van der Waals surface area contributed by atoms with Crippen molar-refractivity contribution in [1.82, 2.24) is 5.32 Å². The first-order valence-electron chi connectivity index (χ1n) is 5.68. The van der Waals surface area contributed by atoms with Crippen LogP contribution in [0.25, 0.3) is 0 Å². The van der Waals surface area contributed by atoms with Gasteiger partial charge in [0.2, 0.25) is 5.91 Å². The van der Waals surface area contributed by atoms with Gasteiger partial charge in [-0.2, -0.15) is 0 Å². The summed E-state index contributed by atoms with van der Waals surface area (Å²) in [5, 5.41) is 11.3. The maximum atomic E-state index is 11.5. The first-order valence-corrected chi connectivity index (χ1v) is 6.67. The zero-order valence-electron chi connectivity index (χ0n) is 10.5. The monoisotopic (exact) mass is 267 g/mol. The topological polar surface area (TPSA) is 66.4 Å². The molecule has 1 atom stereocenters. The number of thioether (sulfide) groups is 1. The second-order valence-electron chi connectivity index (χ2n) is 4.10. The second kappa shape index (κ2) is 7.06. The molecule has 0 unspecified atom stereocenters. The van der Waals surface area contributed by atoms with E-state index in [9.17, 15) is 9.59 Å². The van der Waals surface area contributed by atoms with Crippen LogP contribution in [0.4, 0.5) is 0 Å². The highest BCUT2D eigenvalue weighted by Gasteiger charge is 2.12. The Balaban J connectivity index is 2.34. The number of hydrogen-bond donors (Lipinski definition) is 2. The van der Waals surface area contributed by atoms with Crippen LogP contribution in [0.15, 0.2) is 29.2 Å². The van der Waals surface area contributed by atoms with Crippen LogP contribution >= 0.6 is 11.8 Å². The molecule has 2 N–H and O–H groups in total. The van der Waals surface area contributed by atoms with E-state index >= 15 is 0 Å². The smallest absolute Gasteiger partial charge is 0.308 e. The van der Waals surface area contributed by atoms with Crippen LogP contribution in [0.2, 0.25) is 0 Å². The van der Waals surface area contributed by atoms with Crippen molar-refractivity contribution in [1.29, 1.82) is 0 Å². The van der Waals surface area contributed by atoms with E-state index in [-0.39, 0.29) is 12.5 Å². The predicted molar refractivity (Wildman–Crippen MR) is 71.7 cm³/mol. The Kier molecular flexibility index (Phi) is 5.71. The molecule has 1 rings (SSSR count). The summed E-state index contributed by atoms with van der Waals surface area (Å²) in [4.78, 5) is 23.2. The lowest BCUT2D eigenvalue weighted by Crippen LogP contribution is -2.32. The normalized spacial score (nSPS) is 11.9. The summed E-state index contributed by atoms with van der Waals surface area (Å²) < 4.78 is 0. The molecule has 0 saturated heterocycles. The summed E-state index contributed by atoms with van der Waals surface area (Å²) in [6, 6.07) is 7.84. The fraction of sp³-hybridized carbons (Fsp3) is 0.385. The van der Waals surface area contributed by atoms with E-state index in [1.165, 1.54) is 11.8 Å². The van der Waals surface area contributed by atoms with E-state index < -0.39 is 11.9 Å². The summed E-state index contributed by atoms with van der Waals surface area (Å²) >= 11 is 1.46. The van der Waals surface area contributed by atoms with Crippen molar-refractivity contribution >= 4 is 23.6 Å². The number of nitrogens with one attached hydrogen (secondary N) is 1. The number of carbonyl (C=O) groups excluding carboxylic acids is 1. The minimum absolute atomic E-state index is 0.142. The summed E-state index contributed by atoms with van der Waals surface area (Å²) in [5.41, 5.74) is 1.13. The molecular weight excluding hydrogens is 250 g/mol. The van der Waals surface area contributed by atoms with E-state index in [0.717, 1.165) is 10.5 Å². The molecule has 0 aliphatic heterocycles. The Labute approximate surface area is 111 Å². The number of amides is 1. The minimum atomic E-state index is -0.901. The van der Waals surface area contributed by atoms with Crippen molar-refractivity contribution in [3.63, 3.8) is 0 Å². The van der Waals surface area contributed by atoms with Gasteiger partial charge in [0.1, 0.15) is 0 Å². The minimum Gasteiger partial charge on any atom is -0.481 e. The van der Waals surface area contributed by atoms with Crippen molar-refractivity contribution in [2.24, 2.45) is 5.92 Å². The van der Waals surface area contributed by atoms with Gasteiger partial charge >= 0.3 is 5.97 Å². The van der Waals surface area contributed by atoms with Crippen molar-refractivity contribution in [3.05, 3.63) is 29.8 Å². The molecule has 0 aliphatic rings. The number of carboxylic acid groups (broad SMARTS) is 1. The lowest BCUT2D eigenvalue weighted by molar-refractivity contribution is -0.141. The first-order chi connectivity index (χ1) is 8.50. The maximum Gasteiger partial charge on any atom is 0.308 e. The summed E-state index contributed by atoms with van der Waals surface area (Å²) in [6.07, 6.45) is 0. The van der Waals surface area contributed by atoms with Gasteiger partial charge in [-0.25, -0.2) is 0 Å². The number of benzene rings is 1. The van der Waals surface area contributed by atoms with Crippen LogP contribution in [-0.4, -0.2) is 29.3 Å². The Morgan fingerprint density at radius 3 is 2.67 bits per heavy atom. The lowest BCUT2D eigenvalue weighted by atomic mass is 10.2. The molecule has 4 nitrogen and oxygen atoms in total. The second-order valence-corrected chi connectivity index (χ2v) is 5.11. The molecule has 0 saturated carbocycles. The van der Waals surface area contributed by atoms with Crippen molar-refractivity contribution in [2.75, 3.05) is 12.3 Å². The molecular formula is C13H17NO3S. The number of aliphatic carboxylic acids is 1. The zero-order chi connectivity index (χ0) is 13.5. The number of carboxylic acids is 1. The van der Waals surface area contributed by atoms with Crippen LogP contribution in [0.1, 0.15) is 12.5 Å². The van der Waals surface area contributed by atoms with E-state index in [1.807, 2.05) is 31.2 Å². The van der Waals surface area contributed by atoms with E-state index in [0.29, 0.717) is 5.75 Å². The van der Waals surface area contributed by atoms with Crippen LogP contribution in [0, 0.1) is 12.8 Å². The molecule has 0 heterocycles. The van der Waals surface area contributed by atoms with Crippen LogP contribution in [0.5, 0.6) is 0 Å². The van der Waals surface area contributed by atoms with Crippen LogP contribution < -0.4 is 5.32 Å². The third-order valence-electron chi connectivity index (χ3n) is 2.48. The van der Waals surface area contributed by atoms with Crippen molar-refractivity contribution < 1.29 is 14.7 Å². The van der Waals surface area contributed by atoms with Gasteiger partial charge < -0.3 is 10.4 Å². The molecule has 0 bridgehead atoms. The van der Waals surface area contributed by atoms with Crippen molar-refractivity contribution in [2.45, 2.75) is 18.7 Å². The largest absolute Gasteiger partial charge is 0.481 e. The fourth-order valence-electron chi connectivity index (χ4n) is 1.27. The maximum absolute atomic E-state index is 11.5. The molecule has 0 spiro atoms. The first kappa shape index (κ1) is 14.6. The van der Waals surface area contributed by atoms with Gasteiger partial charge in [-0.1, -0.05) is 25.1 Å². The molecule has 18 heavy (non-hydrogen) atoms. The third kappa shape index (κ3) is 4.79. The summed E-state index contributed by atoms with van der Waals surface area (Å²) in [7, 11) is 0. The average molecular weight is 267 g/mol. The Bertz CT molecular complexity index is 434. The standard InChI is InChI=1S/C13H17NO3S/c1-9-5-3-4-6-11(9)18-8-12(15)14-7-10(2)13(16)17/h3-6,10H,7-8H2,1-2H3,(H,14,15)(H,16,17)/t10-/m0/s1. The average Bonchev–Trinajstić information content (AvgIpc) is 2.34. The van der Waals surface area contributed by atoms with Gasteiger partial charge in [0.15, 0.2) is 0 Å². The van der Waals surface area contributed by atoms with Crippen LogP contribution in [0.3, 0.4) is 0 Å². The molecule has 98 valence electrons. The number of aryl methyl sites for hydroxylation is 1. The van der Waals surface area contributed by atoms with Crippen molar-refractivity contribution in [3.8, 4) is 0 Å². The molecule has 0 aromatic heterocycles. The molecule has 1 aromatic rings. The van der Waals surface area contributed by atoms with Gasteiger partial charge in [-0.05, 0) is 18.6 Å². The van der Waals surface area contributed by atoms with E-state index in [1.54, 1.807) is 6.92 Å². The zero-order valence-corrected chi connectivity index (χ0v) is 11.3. The number of hydrogen-bond acceptors (Lipinski definition) is 3. The SMILES string of the molecule is Cc1ccccc1SCC(=O)NC[C@H](C)C(=O)O. The highest BCUT2D eigenvalue weighted by atomic mass is 32.2. The molecule has 0 aliphatic carbocycles. The molecule has 1 aromatic carbocycles. The summed E-state index contributed by atoms with van der Waals surface area (Å²) in [6.45, 7) is 3.73. The molecule has 5 heteroatoms. The van der Waals surface area contributed by atoms with Gasteiger partial charge in [0.25, 0.3) is 0 Å². The Morgan fingerprint density at radius 1 is 1.39 bits per heavy atom. The number of carbonyl (C=O) groups is 2. The predicted octanol–water partition coefficient (Wildman–Crippen LogP) is 1.92. The fourth-order valence-corrected chi connectivity index (χ4v) is 2.13. The number of rotatable bonds is 6. The van der Waals surface area contributed by atoms with Gasteiger partial charge in [0.05, 0.1) is 11.7 Å². The van der Waals surface area contributed by atoms with Gasteiger partial charge in [-0.3, -0.25) is 9.59 Å². The Hall–Kier alpha value is -1.49. The van der Waals surface area contributed by atoms with E-state index in [4.69, 9.17) is 5.11 Å². The third-order valence-corrected chi connectivity index (χ3v) is 3.65.